The number of ketones is 1. The zero-order valence-electron chi connectivity index (χ0n) is 11.5. The van der Waals surface area contributed by atoms with Crippen LogP contribution < -0.4 is 0 Å². The minimum absolute atomic E-state index is 0.142. The third-order valence-corrected chi connectivity index (χ3v) is 4.51. The van der Waals surface area contributed by atoms with Gasteiger partial charge in [0.25, 0.3) is 0 Å². The summed E-state index contributed by atoms with van der Waals surface area (Å²) in [5.41, 5.74) is 3.17. The van der Waals surface area contributed by atoms with Crippen molar-refractivity contribution >= 4 is 21.7 Å². The first-order chi connectivity index (χ1) is 9.66. The number of imidazole rings is 1. The van der Waals surface area contributed by atoms with Crippen LogP contribution in [-0.2, 0) is 12.8 Å². The highest BCUT2D eigenvalue weighted by Gasteiger charge is 2.23. The molecule has 0 fully saturated rings. The van der Waals surface area contributed by atoms with Crippen LogP contribution in [0.25, 0.3) is 0 Å². The monoisotopic (exact) mass is 332 g/mol. The quantitative estimate of drug-likeness (QED) is 0.797. The summed E-state index contributed by atoms with van der Waals surface area (Å²) in [4.78, 5) is 17.0. The van der Waals surface area contributed by atoms with Crippen LogP contribution in [0.4, 0.5) is 0 Å². The summed E-state index contributed by atoms with van der Waals surface area (Å²) in [7, 11) is 0. The number of nitrogens with zero attached hydrogens (tertiary/aromatic N) is 2. The van der Waals surface area contributed by atoms with E-state index in [1.165, 1.54) is 24.2 Å². The van der Waals surface area contributed by atoms with E-state index in [0.717, 1.165) is 22.9 Å². The largest absolute Gasteiger partial charge is 0.324 e. The molecule has 1 aromatic carbocycles. The maximum atomic E-state index is 12.6. The standard InChI is InChI=1S/C16H17BrN2O/c1-11(16(20)12-6-8-13(17)9-7-12)19-10-18-14-4-2-3-5-15(14)19/h6-11H,2-5H2,1H3. The van der Waals surface area contributed by atoms with Gasteiger partial charge in [-0.2, -0.15) is 0 Å². The summed E-state index contributed by atoms with van der Waals surface area (Å²) in [6.45, 7) is 1.96. The molecule has 1 heterocycles. The number of hydrogen-bond acceptors (Lipinski definition) is 2. The van der Waals surface area contributed by atoms with Gasteiger partial charge >= 0.3 is 0 Å². The molecule has 0 bridgehead atoms. The molecule has 3 nitrogen and oxygen atoms in total. The molecule has 1 atom stereocenters. The van der Waals surface area contributed by atoms with Crippen molar-refractivity contribution in [2.45, 2.75) is 38.6 Å². The van der Waals surface area contributed by atoms with Gasteiger partial charge in [-0.15, -0.1) is 0 Å². The van der Waals surface area contributed by atoms with Crippen LogP contribution in [0.15, 0.2) is 35.1 Å². The van der Waals surface area contributed by atoms with Gasteiger partial charge in [0.15, 0.2) is 5.78 Å². The van der Waals surface area contributed by atoms with Crippen LogP contribution in [-0.4, -0.2) is 15.3 Å². The van der Waals surface area contributed by atoms with E-state index in [9.17, 15) is 4.79 Å². The van der Waals surface area contributed by atoms with E-state index in [-0.39, 0.29) is 11.8 Å². The van der Waals surface area contributed by atoms with E-state index in [1.807, 2.05) is 37.5 Å². The smallest absolute Gasteiger partial charge is 0.185 e. The summed E-state index contributed by atoms with van der Waals surface area (Å²) in [5, 5.41) is 0. The molecular weight excluding hydrogens is 316 g/mol. The lowest BCUT2D eigenvalue weighted by molar-refractivity contribution is 0.0933. The van der Waals surface area contributed by atoms with Crippen molar-refractivity contribution in [1.29, 1.82) is 0 Å². The fourth-order valence-corrected chi connectivity index (χ4v) is 3.07. The summed E-state index contributed by atoms with van der Waals surface area (Å²) < 4.78 is 3.04. The number of rotatable bonds is 3. The second kappa shape index (κ2) is 5.52. The van der Waals surface area contributed by atoms with Crippen molar-refractivity contribution in [3.05, 3.63) is 52.0 Å². The highest BCUT2D eigenvalue weighted by atomic mass is 79.9. The van der Waals surface area contributed by atoms with E-state index < -0.39 is 0 Å². The summed E-state index contributed by atoms with van der Waals surface area (Å²) in [6, 6.07) is 7.36. The number of hydrogen-bond donors (Lipinski definition) is 0. The molecular formula is C16H17BrN2O. The van der Waals surface area contributed by atoms with Crippen LogP contribution in [0, 0.1) is 0 Å². The predicted molar refractivity (Wildman–Crippen MR) is 82.1 cm³/mol. The Morgan fingerprint density at radius 2 is 1.95 bits per heavy atom. The van der Waals surface area contributed by atoms with Crippen LogP contribution >= 0.6 is 15.9 Å². The van der Waals surface area contributed by atoms with Crippen molar-refractivity contribution in [2.24, 2.45) is 0 Å². The first kappa shape index (κ1) is 13.6. The Kier molecular flexibility index (Phi) is 3.74. The maximum absolute atomic E-state index is 12.6. The zero-order chi connectivity index (χ0) is 14.1. The van der Waals surface area contributed by atoms with Crippen LogP contribution in [0.5, 0.6) is 0 Å². The molecule has 1 aliphatic carbocycles. The molecule has 1 aromatic heterocycles. The molecule has 0 radical (unpaired) electrons. The molecule has 4 heteroatoms. The van der Waals surface area contributed by atoms with Crippen LogP contribution in [0.1, 0.15) is 47.6 Å². The van der Waals surface area contributed by atoms with Crippen LogP contribution in [0.3, 0.4) is 0 Å². The molecule has 104 valence electrons. The summed E-state index contributed by atoms with van der Waals surface area (Å²) in [6.07, 6.45) is 6.31. The topological polar surface area (TPSA) is 34.9 Å². The Morgan fingerprint density at radius 1 is 1.25 bits per heavy atom. The summed E-state index contributed by atoms with van der Waals surface area (Å²) in [5.74, 6) is 0.142. The number of halogens is 1. The SMILES string of the molecule is CC(C(=O)c1ccc(Br)cc1)n1cnc2c1CCCC2. The number of Topliss-reactive ketones (excluding diaryl/α,β-unsaturated/α-hetero) is 1. The van der Waals surface area contributed by atoms with E-state index >= 15 is 0 Å². The minimum Gasteiger partial charge on any atom is -0.324 e. The molecule has 1 aliphatic rings. The zero-order valence-corrected chi connectivity index (χ0v) is 13.1. The third-order valence-electron chi connectivity index (χ3n) is 3.99. The Morgan fingerprint density at radius 3 is 2.70 bits per heavy atom. The van der Waals surface area contributed by atoms with Gasteiger partial charge in [0.2, 0.25) is 0 Å². The van der Waals surface area contributed by atoms with Gasteiger partial charge in [0.05, 0.1) is 18.1 Å². The second-order valence-electron chi connectivity index (χ2n) is 5.30. The van der Waals surface area contributed by atoms with Gasteiger partial charge in [-0.3, -0.25) is 4.79 Å². The minimum atomic E-state index is -0.189. The van der Waals surface area contributed by atoms with E-state index in [4.69, 9.17) is 0 Å². The van der Waals surface area contributed by atoms with E-state index in [1.54, 1.807) is 0 Å². The predicted octanol–water partition coefficient (Wildman–Crippen LogP) is 3.97. The fraction of sp³-hybridized carbons (Fsp3) is 0.375. The van der Waals surface area contributed by atoms with Crippen molar-refractivity contribution in [1.82, 2.24) is 9.55 Å². The van der Waals surface area contributed by atoms with Gasteiger partial charge in [-0.25, -0.2) is 4.98 Å². The molecule has 1 unspecified atom stereocenters. The van der Waals surface area contributed by atoms with Crippen molar-refractivity contribution in [2.75, 3.05) is 0 Å². The number of carbonyl (C=O) groups excluding carboxylic acids is 1. The number of carbonyl (C=O) groups is 1. The van der Waals surface area contributed by atoms with Crippen molar-refractivity contribution < 1.29 is 4.79 Å². The lowest BCUT2D eigenvalue weighted by Crippen LogP contribution is -2.19. The van der Waals surface area contributed by atoms with Gasteiger partial charge in [0.1, 0.15) is 0 Å². The molecule has 0 aliphatic heterocycles. The molecule has 0 N–H and O–H groups in total. The average Bonchev–Trinajstić information content (AvgIpc) is 2.90. The number of benzene rings is 1. The average molecular weight is 333 g/mol. The molecule has 20 heavy (non-hydrogen) atoms. The van der Waals surface area contributed by atoms with E-state index in [2.05, 4.69) is 25.5 Å². The Balaban J connectivity index is 1.88. The normalized spacial score (nSPS) is 15.7. The molecule has 0 spiro atoms. The molecule has 0 saturated carbocycles. The molecule has 3 rings (SSSR count). The van der Waals surface area contributed by atoms with Gasteiger partial charge in [-0.05, 0) is 44.7 Å². The van der Waals surface area contributed by atoms with Crippen molar-refractivity contribution in [3.8, 4) is 0 Å². The maximum Gasteiger partial charge on any atom is 0.185 e. The number of fused-ring (bicyclic) bond motifs is 1. The molecule has 2 aromatic rings. The first-order valence-electron chi connectivity index (χ1n) is 7.01. The molecule has 0 saturated heterocycles. The lowest BCUT2D eigenvalue weighted by atomic mass is 9.99. The molecule has 0 amide bonds. The highest BCUT2D eigenvalue weighted by molar-refractivity contribution is 9.10. The first-order valence-corrected chi connectivity index (χ1v) is 7.80. The van der Waals surface area contributed by atoms with Gasteiger partial charge < -0.3 is 4.57 Å². The van der Waals surface area contributed by atoms with Gasteiger partial charge in [-0.1, -0.05) is 28.1 Å². The Labute approximate surface area is 127 Å². The lowest BCUT2D eigenvalue weighted by Gasteiger charge is -2.18. The summed E-state index contributed by atoms with van der Waals surface area (Å²) >= 11 is 3.39. The van der Waals surface area contributed by atoms with E-state index in [0.29, 0.717) is 0 Å². The third kappa shape index (κ3) is 2.44. The fourth-order valence-electron chi connectivity index (χ4n) is 2.81. The number of aryl methyl sites for hydroxylation is 1. The highest BCUT2D eigenvalue weighted by Crippen LogP contribution is 2.25. The van der Waals surface area contributed by atoms with Gasteiger partial charge in [0, 0.05) is 15.7 Å². The van der Waals surface area contributed by atoms with Crippen LogP contribution in [0.2, 0.25) is 0 Å². The van der Waals surface area contributed by atoms with Crippen molar-refractivity contribution in [3.63, 3.8) is 0 Å². The second-order valence-corrected chi connectivity index (χ2v) is 6.22. The Bertz CT molecular complexity index is 630. The Hall–Kier alpha value is -1.42. The number of aromatic nitrogens is 2.